The first-order valence-electron chi connectivity index (χ1n) is 6.96. The molecule has 0 bridgehead atoms. The Kier molecular flexibility index (Phi) is 5.05. The van der Waals surface area contributed by atoms with Crippen LogP contribution in [0.1, 0.15) is 36.7 Å². The van der Waals surface area contributed by atoms with Gasteiger partial charge < -0.3 is 14.8 Å². The number of amides is 1. The number of hydrogen-bond acceptors (Lipinski definition) is 2. The van der Waals surface area contributed by atoms with Crippen molar-refractivity contribution in [3.63, 3.8) is 0 Å². The lowest BCUT2D eigenvalue weighted by Crippen LogP contribution is -2.34. The Labute approximate surface area is 123 Å². The molecule has 0 aliphatic heterocycles. The number of aryl methyl sites for hydroxylation is 1. The van der Waals surface area contributed by atoms with Gasteiger partial charge in [-0.15, -0.1) is 0 Å². The predicted molar refractivity (Wildman–Crippen MR) is 80.4 cm³/mol. The molecule has 1 saturated carbocycles. The first kappa shape index (κ1) is 14.6. The second-order valence-corrected chi connectivity index (χ2v) is 6.12. The van der Waals surface area contributed by atoms with Crippen LogP contribution >= 0.6 is 15.9 Å². The van der Waals surface area contributed by atoms with E-state index in [9.17, 15) is 4.79 Å². The third kappa shape index (κ3) is 4.08. The molecule has 0 atom stereocenters. The number of aromatic nitrogens is 1. The average Bonchev–Trinajstić information content (AvgIpc) is 3.14. The monoisotopic (exact) mass is 327 g/mol. The summed E-state index contributed by atoms with van der Waals surface area (Å²) in [5, 5.41) is 3.00. The molecule has 5 heteroatoms. The van der Waals surface area contributed by atoms with E-state index in [2.05, 4.69) is 40.1 Å². The van der Waals surface area contributed by atoms with E-state index < -0.39 is 0 Å². The van der Waals surface area contributed by atoms with Crippen LogP contribution in [0.5, 0.6) is 0 Å². The van der Waals surface area contributed by atoms with Crippen LogP contribution in [0.15, 0.2) is 16.7 Å². The van der Waals surface area contributed by atoms with Gasteiger partial charge in [0.25, 0.3) is 5.91 Å². The quantitative estimate of drug-likeness (QED) is 0.835. The molecule has 1 aliphatic rings. The molecular weight excluding hydrogens is 306 g/mol. The van der Waals surface area contributed by atoms with E-state index in [1.807, 2.05) is 16.8 Å². The highest BCUT2D eigenvalue weighted by Crippen LogP contribution is 2.24. The van der Waals surface area contributed by atoms with Gasteiger partial charge in [0.1, 0.15) is 5.69 Å². The summed E-state index contributed by atoms with van der Waals surface area (Å²) in [6.45, 7) is 4.61. The number of carbonyl (C=O) groups excluding carboxylic acids is 1. The van der Waals surface area contributed by atoms with E-state index in [4.69, 9.17) is 0 Å². The second-order valence-electron chi connectivity index (χ2n) is 5.20. The van der Waals surface area contributed by atoms with Crippen LogP contribution in [-0.4, -0.2) is 41.6 Å². The average molecular weight is 328 g/mol. The second kappa shape index (κ2) is 6.57. The summed E-state index contributed by atoms with van der Waals surface area (Å²) in [7, 11) is 2.13. The van der Waals surface area contributed by atoms with Gasteiger partial charge in [-0.2, -0.15) is 0 Å². The first-order valence-corrected chi connectivity index (χ1v) is 7.75. The standard InChI is InChI=1S/C14H22BrN3O/c1-3-7-18-10-11(15)9-13(18)14(19)16-6-8-17(2)12-4-5-12/h9-10,12H,3-8H2,1-2H3,(H,16,19). The van der Waals surface area contributed by atoms with Gasteiger partial charge in [0.05, 0.1) is 0 Å². The Hall–Kier alpha value is -0.810. The number of carbonyl (C=O) groups is 1. The third-order valence-electron chi connectivity index (χ3n) is 3.48. The maximum atomic E-state index is 12.1. The fourth-order valence-electron chi connectivity index (χ4n) is 2.23. The van der Waals surface area contributed by atoms with Crippen LogP contribution < -0.4 is 5.32 Å². The van der Waals surface area contributed by atoms with Crippen molar-refractivity contribution >= 4 is 21.8 Å². The number of hydrogen-bond donors (Lipinski definition) is 1. The molecule has 0 unspecified atom stereocenters. The Morgan fingerprint density at radius 2 is 2.32 bits per heavy atom. The van der Waals surface area contributed by atoms with Gasteiger partial charge in [-0.1, -0.05) is 6.92 Å². The van der Waals surface area contributed by atoms with Gasteiger partial charge in [0.15, 0.2) is 0 Å². The fourth-order valence-corrected chi connectivity index (χ4v) is 2.69. The number of likely N-dealkylation sites (N-methyl/N-ethyl adjacent to an activating group) is 1. The molecule has 106 valence electrons. The zero-order chi connectivity index (χ0) is 13.8. The molecule has 1 aromatic rings. The molecule has 0 aromatic carbocycles. The van der Waals surface area contributed by atoms with E-state index >= 15 is 0 Å². The molecule has 1 amide bonds. The lowest BCUT2D eigenvalue weighted by atomic mass is 10.3. The molecule has 1 N–H and O–H groups in total. The van der Waals surface area contributed by atoms with Crippen LogP contribution in [-0.2, 0) is 6.54 Å². The highest BCUT2D eigenvalue weighted by atomic mass is 79.9. The highest BCUT2D eigenvalue weighted by Gasteiger charge is 2.25. The van der Waals surface area contributed by atoms with Gasteiger partial charge >= 0.3 is 0 Å². The molecule has 2 rings (SSSR count). The zero-order valence-electron chi connectivity index (χ0n) is 11.7. The molecule has 4 nitrogen and oxygen atoms in total. The molecule has 1 heterocycles. The van der Waals surface area contributed by atoms with Crippen molar-refractivity contribution in [2.75, 3.05) is 20.1 Å². The van der Waals surface area contributed by atoms with Crippen LogP contribution in [0.3, 0.4) is 0 Å². The molecule has 0 saturated heterocycles. The van der Waals surface area contributed by atoms with Crippen molar-refractivity contribution < 1.29 is 4.79 Å². The van der Waals surface area contributed by atoms with Crippen LogP contribution in [0.2, 0.25) is 0 Å². The summed E-state index contributed by atoms with van der Waals surface area (Å²) >= 11 is 3.43. The number of rotatable bonds is 7. The minimum absolute atomic E-state index is 0.0170. The fraction of sp³-hybridized carbons (Fsp3) is 0.643. The van der Waals surface area contributed by atoms with Crippen molar-refractivity contribution in [2.45, 2.75) is 38.8 Å². The number of nitrogens with zero attached hydrogens (tertiary/aromatic N) is 2. The summed E-state index contributed by atoms with van der Waals surface area (Å²) in [5.41, 5.74) is 0.739. The minimum Gasteiger partial charge on any atom is -0.349 e. The lowest BCUT2D eigenvalue weighted by molar-refractivity contribution is 0.0940. The van der Waals surface area contributed by atoms with Gasteiger partial charge in [0.2, 0.25) is 0 Å². The maximum absolute atomic E-state index is 12.1. The van der Waals surface area contributed by atoms with Gasteiger partial charge in [-0.25, -0.2) is 0 Å². The largest absolute Gasteiger partial charge is 0.349 e. The summed E-state index contributed by atoms with van der Waals surface area (Å²) in [4.78, 5) is 14.5. The zero-order valence-corrected chi connectivity index (χ0v) is 13.2. The molecule has 1 fully saturated rings. The molecular formula is C14H22BrN3O. The molecule has 19 heavy (non-hydrogen) atoms. The normalized spacial score (nSPS) is 14.9. The minimum atomic E-state index is 0.0170. The molecule has 0 spiro atoms. The van der Waals surface area contributed by atoms with Crippen LogP contribution in [0, 0.1) is 0 Å². The van der Waals surface area contributed by atoms with Crippen LogP contribution in [0.25, 0.3) is 0 Å². The van der Waals surface area contributed by atoms with Crippen molar-refractivity contribution in [2.24, 2.45) is 0 Å². The van der Waals surface area contributed by atoms with Gasteiger partial charge in [-0.3, -0.25) is 4.79 Å². The van der Waals surface area contributed by atoms with Crippen molar-refractivity contribution in [1.82, 2.24) is 14.8 Å². The third-order valence-corrected chi connectivity index (χ3v) is 3.91. The number of halogens is 1. The van der Waals surface area contributed by atoms with Gasteiger partial charge in [-0.05, 0) is 48.3 Å². The topological polar surface area (TPSA) is 37.3 Å². The van der Waals surface area contributed by atoms with E-state index in [-0.39, 0.29) is 5.91 Å². The smallest absolute Gasteiger partial charge is 0.267 e. The van der Waals surface area contributed by atoms with E-state index in [1.54, 1.807) is 0 Å². The Bertz CT molecular complexity index is 440. The predicted octanol–water partition coefficient (Wildman–Crippen LogP) is 2.48. The van der Waals surface area contributed by atoms with Crippen molar-refractivity contribution in [3.05, 3.63) is 22.4 Å². The summed E-state index contributed by atoms with van der Waals surface area (Å²) in [6.07, 6.45) is 5.59. The van der Waals surface area contributed by atoms with Crippen molar-refractivity contribution in [1.29, 1.82) is 0 Å². The lowest BCUT2D eigenvalue weighted by Gasteiger charge is -2.16. The van der Waals surface area contributed by atoms with Crippen molar-refractivity contribution in [3.8, 4) is 0 Å². The highest BCUT2D eigenvalue weighted by molar-refractivity contribution is 9.10. The van der Waals surface area contributed by atoms with Crippen LogP contribution in [0.4, 0.5) is 0 Å². The summed E-state index contributed by atoms with van der Waals surface area (Å²) in [5.74, 6) is 0.0170. The van der Waals surface area contributed by atoms with Gasteiger partial charge in [0, 0.05) is 36.3 Å². The van der Waals surface area contributed by atoms with E-state index in [1.165, 1.54) is 12.8 Å². The summed E-state index contributed by atoms with van der Waals surface area (Å²) in [6, 6.07) is 2.63. The molecule has 0 radical (unpaired) electrons. The molecule has 1 aromatic heterocycles. The maximum Gasteiger partial charge on any atom is 0.267 e. The van der Waals surface area contributed by atoms with E-state index in [0.29, 0.717) is 6.54 Å². The SMILES string of the molecule is CCCn1cc(Br)cc1C(=O)NCCN(C)C1CC1. The molecule has 1 aliphatic carbocycles. The number of nitrogens with one attached hydrogen (secondary N) is 1. The Morgan fingerprint density at radius 1 is 1.58 bits per heavy atom. The first-order chi connectivity index (χ1) is 9.11. The summed E-state index contributed by atoms with van der Waals surface area (Å²) < 4.78 is 2.96. The Morgan fingerprint density at radius 3 is 2.95 bits per heavy atom. The van der Waals surface area contributed by atoms with E-state index in [0.717, 1.165) is 35.7 Å². The Balaban J connectivity index is 1.84.